The maximum Gasteiger partial charge on any atom is 0.0805 e. The van der Waals surface area contributed by atoms with Gasteiger partial charge in [0.25, 0.3) is 0 Å². The summed E-state index contributed by atoms with van der Waals surface area (Å²) in [7, 11) is 0. The van der Waals surface area contributed by atoms with Crippen LogP contribution < -0.4 is 5.32 Å². The lowest BCUT2D eigenvalue weighted by atomic mass is 9.43. The minimum atomic E-state index is -0.506. The van der Waals surface area contributed by atoms with Crippen LogP contribution in [0.3, 0.4) is 0 Å². The van der Waals surface area contributed by atoms with Crippen LogP contribution in [0.4, 0.5) is 0 Å². The zero-order chi connectivity index (χ0) is 10.6. The molecule has 0 aromatic carbocycles. The fourth-order valence-corrected chi connectivity index (χ4v) is 3.71. The maximum atomic E-state index is 10.5. The number of aliphatic hydroxyl groups is 1. The van der Waals surface area contributed by atoms with Gasteiger partial charge in [-0.2, -0.15) is 0 Å². The topological polar surface area (TPSA) is 32.3 Å². The van der Waals surface area contributed by atoms with Gasteiger partial charge in [-0.05, 0) is 43.6 Å². The van der Waals surface area contributed by atoms with Crippen LogP contribution >= 0.6 is 0 Å². The number of hydrogen-bond donors (Lipinski definition) is 2. The molecule has 3 fully saturated rings. The average molecular weight is 197 g/mol. The third kappa shape index (κ3) is 1.17. The Labute approximate surface area is 87.1 Å². The first-order valence-electron chi connectivity index (χ1n) is 5.86. The van der Waals surface area contributed by atoms with Crippen LogP contribution in [-0.2, 0) is 0 Å². The molecule has 4 atom stereocenters. The molecule has 0 spiro atoms. The number of hydrogen-bond acceptors (Lipinski definition) is 2. The van der Waals surface area contributed by atoms with Gasteiger partial charge in [0.2, 0.25) is 0 Å². The summed E-state index contributed by atoms with van der Waals surface area (Å²) in [5.74, 6) is 1.30. The lowest BCUT2D eigenvalue weighted by molar-refractivity contribution is -0.208. The molecule has 0 aromatic rings. The lowest BCUT2D eigenvalue weighted by Crippen LogP contribution is -2.69. The van der Waals surface area contributed by atoms with E-state index in [9.17, 15) is 5.11 Å². The molecule has 0 amide bonds. The zero-order valence-corrected chi connectivity index (χ0v) is 9.80. The molecule has 3 saturated carbocycles. The molecule has 2 heteroatoms. The van der Waals surface area contributed by atoms with Crippen LogP contribution in [-0.4, -0.2) is 23.3 Å². The Hall–Kier alpha value is -0.0800. The van der Waals surface area contributed by atoms with Crippen LogP contribution in [0, 0.1) is 17.3 Å². The van der Waals surface area contributed by atoms with Crippen molar-refractivity contribution in [2.75, 3.05) is 6.54 Å². The molecule has 2 nitrogen and oxygen atoms in total. The summed E-state index contributed by atoms with van der Waals surface area (Å²) in [6.07, 6.45) is 2.37. The Morgan fingerprint density at radius 2 is 1.93 bits per heavy atom. The third-order valence-electron chi connectivity index (χ3n) is 4.85. The van der Waals surface area contributed by atoms with Gasteiger partial charge < -0.3 is 10.4 Å². The van der Waals surface area contributed by atoms with Crippen molar-refractivity contribution >= 4 is 0 Å². The molecule has 0 aliphatic heterocycles. The van der Waals surface area contributed by atoms with Crippen molar-refractivity contribution in [1.29, 1.82) is 0 Å². The van der Waals surface area contributed by atoms with E-state index >= 15 is 0 Å². The summed E-state index contributed by atoms with van der Waals surface area (Å²) in [6.45, 7) is 9.70. The molecule has 0 aromatic heterocycles. The Morgan fingerprint density at radius 3 is 2.36 bits per heavy atom. The van der Waals surface area contributed by atoms with E-state index in [1.165, 1.54) is 6.42 Å². The molecular formula is C12H23NO. The van der Waals surface area contributed by atoms with Crippen molar-refractivity contribution in [2.45, 2.75) is 52.2 Å². The number of nitrogens with one attached hydrogen (secondary N) is 1. The van der Waals surface area contributed by atoms with Gasteiger partial charge in [0, 0.05) is 6.04 Å². The molecular weight excluding hydrogens is 174 g/mol. The molecule has 0 heterocycles. The van der Waals surface area contributed by atoms with Gasteiger partial charge >= 0.3 is 0 Å². The Morgan fingerprint density at radius 1 is 1.29 bits per heavy atom. The second-order valence-electron chi connectivity index (χ2n) is 5.88. The van der Waals surface area contributed by atoms with Crippen molar-refractivity contribution in [2.24, 2.45) is 17.3 Å². The Balaban J connectivity index is 2.16. The van der Waals surface area contributed by atoms with Crippen molar-refractivity contribution in [3.63, 3.8) is 0 Å². The van der Waals surface area contributed by atoms with Crippen molar-refractivity contribution in [1.82, 2.24) is 5.32 Å². The second-order valence-corrected chi connectivity index (χ2v) is 5.88. The van der Waals surface area contributed by atoms with Gasteiger partial charge in [-0.1, -0.05) is 20.8 Å². The van der Waals surface area contributed by atoms with Crippen LogP contribution in [0.1, 0.15) is 40.5 Å². The van der Waals surface area contributed by atoms with E-state index in [4.69, 9.17) is 0 Å². The van der Waals surface area contributed by atoms with E-state index in [-0.39, 0.29) is 0 Å². The predicted molar refractivity (Wildman–Crippen MR) is 58.1 cm³/mol. The zero-order valence-electron chi connectivity index (χ0n) is 9.80. The van der Waals surface area contributed by atoms with E-state index < -0.39 is 5.60 Å². The largest absolute Gasteiger partial charge is 0.388 e. The minimum Gasteiger partial charge on any atom is -0.388 e. The van der Waals surface area contributed by atoms with E-state index in [1.54, 1.807) is 0 Å². The summed E-state index contributed by atoms with van der Waals surface area (Å²) in [5, 5.41) is 14.0. The van der Waals surface area contributed by atoms with E-state index in [0.717, 1.165) is 18.9 Å². The molecule has 3 rings (SSSR count). The van der Waals surface area contributed by atoms with Crippen LogP contribution in [0.15, 0.2) is 0 Å². The quantitative estimate of drug-likeness (QED) is 0.707. The molecule has 2 bridgehead atoms. The monoisotopic (exact) mass is 197 g/mol. The Bertz CT molecular complexity index is 234. The van der Waals surface area contributed by atoms with E-state index in [0.29, 0.717) is 17.4 Å². The third-order valence-corrected chi connectivity index (χ3v) is 4.85. The average Bonchev–Trinajstić information content (AvgIpc) is 2.07. The second kappa shape index (κ2) is 2.96. The summed E-state index contributed by atoms with van der Waals surface area (Å²) in [6, 6.07) is 0.310. The molecule has 3 aliphatic rings. The van der Waals surface area contributed by atoms with E-state index in [1.807, 2.05) is 6.92 Å². The fraction of sp³-hybridized carbons (Fsp3) is 1.00. The normalized spacial score (nSPS) is 49.9. The van der Waals surface area contributed by atoms with Crippen LogP contribution in [0.25, 0.3) is 0 Å². The van der Waals surface area contributed by atoms with Crippen molar-refractivity contribution < 1.29 is 5.11 Å². The summed E-state index contributed by atoms with van der Waals surface area (Å²) in [5.41, 5.74) is -0.149. The van der Waals surface area contributed by atoms with Gasteiger partial charge in [-0.3, -0.25) is 0 Å². The highest BCUT2D eigenvalue weighted by atomic mass is 16.3. The summed E-state index contributed by atoms with van der Waals surface area (Å²) < 4.78 is 0. The molecule has 0 saturated heterocycles. The Kier molecular flexibility index (Phi) is 2.20. The van der Waals surface area contributed by atoms with Crippen molar-refractivity contribution in [3.8, 4) is 0 Å². The van der Waals surface area contributed by atoms with Crippen LogP contribution in [0.5, 0.6) is 0 Å². The molecule has 0 unspecified atom stereocenters. The number of rotatable bonds is 2. The molecule has 3 aliphatic carbocycles. The highest BCUT2D eigenvalue weighted by molar-refractivity contribution is 5.14. The summed E-state index contributed by atoms with van der Waals surface area (Å²) >= 11 is 0. The van der Waals surface area contributed by atoms with Gasteiger partial charge in [0.15, 0.2) is 0 Å². The van der Waals surface area contributed by atoms with Gasteiger partial charge in [-0.15, -0.1) is 0 Å². The number of fused-ring (bicyclic) bond motifs is 2. The van der Waals surface area contributed by atoms with Crippen molar-refractivity contribution in [3.05, 3.63) is 0 Å². The SMILES string of the molecule is CCN[C@@H]1C[C@@H]2C[C@@H](C2(C)C)[C@]1(C)O. The summed E-state index contributed by atoms with van der Waals surface area (Å²) in [4.78, 5) is 0. The fourth-order valence-electron chi connectivity index (χ4n) is 3.71. The first-order valence-corrected chi connectivity index (χ1v) is 5.86. The first-order chi connectivity index (χ1) is 6.40. The number of likely N-dealkylation sites (N-methyl/N-ethyl adjacent to an activating group) is 1. The highest BCUT2D eigenvalue weighted by Crippen LogP contribution is 2.62. The maximum absolute atomic E-state index is 10.5. The molecule has 14 heavy (non-hydrogen) atoms. The standard InChI is InChI=1S/C12H23NO/c1-5-13-10-7-8-6-9(11(8,2)3)12(10,4)14/h8-10,13-14H,5-7H2,1-4H3/t8-,9-,10+,12-/m0/s1. The highest BCUT2D eigenvalue weighted by Gasteiger charge is 2.62. The van der Waals surface area contributed by atoms with Crippen LogP contribution in [0.2, 0.25) is 0 Å². The lowest BCUT2D eigenvalue weighted by Gasteiger charge is -2.65. The van der Waals surface area contributed by atoms with E-state index in [2.05, 4.69) is 26.1 Å². The smallest absolute Gasteiger partial charge is 0.0805 e. The minimum absolute atomic E-state index is 0.310. The predicted octanol–water partition coefficient (Wildman–Crippen LogP) is 1.78. The molecule has 0 radical (unpaired) electrons. The first kappa shape index (κ1) is 10.4. The van der Waals surface area contributed by atoms with Gasteiger partial charge in [-0.25, -0.2) is 0 Å². The van der Waals surface area contributed by atoms with Gasteiger partial charge in [0.1, 0.15) is 0 Å². The molecule has 2 N–H and O–H groups in total. The van der Waals surface area contributed by atoms with Gasteiger partial charge in [0.05, 0.1) is 5.60 Å². The molecule has 82 valence electrons.